The van der Waals surface area contributed by atoms with Crippen molar-refractivity contribution in [1.82, 2.24) is 19.6 Å². The molecule has 4 nitrogen and oxygen atoms in total. The molecule has 1 N–H and O–H groups in total. The summed E-state index contributed by atoms with van der Waals surface area (Å²) in [6.07, 6.45) is 7.47. The van der Waals surface area contributed by atoms with Crippen LogP contribution in [0.2, 0.25) is 0 Å². The van der Waals surface area contributed by atoms with E-state index < -0.39 is 0 Å². The summed E-state index contributed by atoms with van der Waals surface area (Å²) in [4.78, 5) is 8.12. The molecule has 0 bridgehead atoms. The molecule has 0 amide bonds. The Morgan fingerprint density at radius 1 is 1.40 bits per heavy atom. The maximum absolute atomic E-state index is 4.61. The molecule has 3 rings (SSSR count). The van der Waals surface area contributed by atoms with Crippen molar-refractivity contribution >= 4 is 16.3 Å². The molecule has 5 heteroatoms. The molecule has 0 spiro atoms. The maximum atomic E-state index is 4.61. The van der Waals surface area contributed by atoms with Crippen LogP contribution in [0.4, 0.5) is 0 Å². The van der Waals surface area contributed by atoms with E-state index >= 15 is 0 Å². The Labute approximate surface area is 124 Å². The average Bonchev–Trinajstić information content (AvgIpc) is 3.08. The molecule has 0 aromatic carbocycles. The number of fused-ring (bicyclic) bond motifs is 1. The van der Waals surface area contributed by atoms with Gasteiger partial charge in [-0.1, -0.05) is 12.8 Å². The second-order valence-corrected chi connectivity index (χ2v) is 7.00. The Hall–Kier alpha value is -0.910. The van der Waals surface area contributed by atoms with Gasteiger partial charge >= 0.3 is 0 Å². The van der Waals surface area contributed by atoms with E-state index in [4.69, 9.17) is 0 Å². The second-order valence-electron chi connectivity index (χ2n) is 6.13. The van der Waals surface area contributed by atoms with E-state index in [0.29, 0.717) is 5.54 Å². The first-order chi connectivity index (χ1) is 9.62. The van der Waals surface area contributed by atoms with Crippen molar-refractivity contribution in [2.45, 2.75) is 44.7 Å². The van der Waals surface area contributed by atoms with Crippen LogP contribution >= 0.6 is 11.3 Å². The van der Waals surface area contributed by atoms with Crippen LogP contribution in [0, 0.1) is 6.92 Å². The lowest BCUT2D eigenvalue weighted by atomic mass is 9.96. The maximum Gasteiger partial charge on any atom is 0.194 e. The minimum atomic E-state index is 0.354. The van der Waals surface area contributed by atoms with E-state index in [-0.39, 0.29) is 0 Å². The lowest BCUT2D eigenvalue weighted by molar-refractivity contribution is 0.153. The van der Waals surface area contributed by atoms with Crippen LogP contribution in [0.5, 0.6) is 0 Å². The Bertz CT molecular complexity index is 578. The number of hydrogen-bond acceptors (Lipinski definition) is 4. The van der Waals surface area contributed by atoms with Gasteiger partial charge in [-0.25, -0.2) is 4.98 Å². The first-order valence-electron chi connectivity index (χ1n) is 7.42. The molecular formula is C15H24N4S. The predicted octanol–water partition coefficient (Wildman–Crippen LogP) is 2.67. The van der Waals surface area contributed by atoms with Gasteiger partial charge in [0.1, 0.15) is 0 Å². The molecule has 0 radical (unpaired) electrons. The summed E-state index contributed by atoms with van der Waals surface area (Å²) >= 11 is 1.70. The van der Waals surface area contributed by atoms with Crippen molar-refractivity contribution in [3.8, 4) is 0 Å². The topological polar surface area (TPSA) is 32.6 Å². The number of hydrogen-bond donors (Lipinski definition) is 1. The molecule has 0 unspecified atom stereocenters. The number of imidazole rings is 1. The Balaban J connectivity index is 1.67. The molecule has 0 saturated heterocycles. The van der Waals surface area contributed by atoms with Gasteiger partial charge in [-0.3, -0.25) is 4.40 Å². The zero-order chi connectivity index (χ0) is 14.2. The van der Waals surface area contributed by atoms with E-state index in [9.17, 15) is 0 Å². The quantitative estimate of drug-likeness (QED) is 0.919. The minimum Gasteiger partial charge on any atom is -0.309 e. The smallest absolute Gasteiger partial charge is 0.194 e. The highest BCUT2D eigenvalue weighted by Gasteiger charge is 2.35. The van der Waals surface area contributed by atoms with Gasteiger partial charge in [0.15, 0.2) is 4.96 Å². The second kappa shape index (κ2) is 5.47. The average molecular weight is 292 g/mol. The Morgan fingerprint density at radius 3 is 2.85 bits per heavy atom. The van der Waals surface area contributed by atoms with Crippen LogP contribution in [-0.4, -0.2) is 40.5 Å². The van der Waals surface area contributed by atoms with Crippen LogP contribution in [-0.2, 0) is 6.54 Å². The number of likely N-dealkylation sites (N-methyl/N-ethyl adjacent to an activating group) is 1. The van der Waals surface area contributed by atoms with Crippen LogP contribution in [0.15, 0.2) is 11.6 Å². The summed E-state index contributed by atoms with van der Waals surface area (Å²) in [5.41, 5.74) is 2.80. The van der Waals surface area contributed by atoms with Crippen molar-refractivity contribution in [2.24, 2.45) is 0 Å². The molecule has 1 aliphatic carbocycles. The van der Waals surface area contributed by atoms with Gasteiger partial charge in [-0.15, -0.1) is 11.3 Å². The summed E-state index contributed by atoms with van der Waals surface area (Å²) in [5, 5.41) is 5.78. The van der Waals surface area contributed by atoms with E-state index in [1.54, 1.807) is 11.3 Å². The molecule has 2 aromatic rings. The highest BCUT2D eigenvalue weighted by Crippen LogP contribution is 2.33. The number of thiazole rings is 1. The Kier molecular flexibility index (Phi) is 3.84. The van der Waals surface area contributed by atoms with E-state index in [1.165, 1.54) is 31.4 Å². The van der Waals surface area contributed by atoms with E-state index in [0.717, 1.165) is 23.7 Å². The van der Waals surface area contributed by atoms with Crippen molar-refractivity contribution in [1.29, 1.82) is 0 Å². The van der Waals surface area contributed by atoms with E-state index in [1.807, 2.05) is 0 Å². The number of nitrogens with one attached hydrogen (secondary N) is 1. The largest absolute Gasteiger partial charge is 0.309 e. The fourth-order valence-corrected chi connectivity index (χ4v) is 4.16. The molecule has 1 saturated carbocycles. The highest BCUT2D eigenvalue weighted by molar-refractivity contribution is 7.15. The zero-order valence-corrected chi connectivity index (χ0v) is 13.5. The van der Waals surface area contributed by atoms with Crippen molar-refractivity contribution in [3.05, 3.63) is 23.0 Å². The van der Waals surface area contributed by atoms with Gasteiger partial charge in [0, 0.05) is 30.2 Å². The van der Waals surface area contributed by atoms with Crippen LogP contribution < -0.4 is 5.32 Å². The lowest BCUT2D eigenvalue weighted by Crippen LogP contribution is -2.49. The summed E-state index contributed by atoms with van der Waals surface area (Å²) in [7, 11) is 4.43. The SMILES string of the molecule is Cc1nc2sccn2c1CNCC1(N(C)C)CCCC1. The fourth-order valence-electron chi connectivity index (χ4n) is 3.38. The van der Waals surface area contributed by atoms with Crippen LogP contribution in [0.25, 0.3) is 4.96 Å². The summed E-state index contributed by atoms with van der Waals surface area (Å²) in [6, 6.07) is 0. The van der Waals surface area contributed by atoms with Gasteiger partial charge in [0.05, 0.1) is 11.4 Å². The summed E-state index contributed by atoms with van der Waals surface area (Å²) < 4.78 is 2.21. The molecule has 110 valence electrons. The normalized spacial score (nSPS) is 18.4. The van der Waals surface area contributed by atoms with Gasteiger partial charge in [0.25, 0.3) is 0 Å². The predicted molar refractivity (Wildman–Crippen MR) is 84.4 cm³/mol. The Morgan fingerprint density at radius 2 is 2.15 bits per heavy atom. The van der Waals surface area contributed by atoms with Crippen LogP contribution in [0.1, 0.15) is 37.1 Å². The highest BCUT2D eigenvalue weighted by atomic mass is 32.1. The van der Waals surface area contributed by atoms with Crippen molar-refractivity contribution in [3.63, 3.8) is 0 Å². The van der Waals surface area contributed by atoms with Gasteiger partial charge in [0.2, 0.25) is 0 Å². The summed E-state index contributed by atoms with van der Waals surface area (Å²) in [5.74, 6) is 0. The monoisotopic (exact) mass is 292 g/mol. The van der Waals surface area contributed by atoms with Crippen molar-refractivity contribution in [2.75, 3.05) is 20.6 Å². The summed E-state index contributed by atoms with van der Waals surface area (Å²) in [6.45, 7) is 4.07. The van der Waals surface area contributed by atoms with E-state index in [2.05, 4.69) is 52.2 Å². The third kappa shape index (κ3) is 2.38. The molecule has 1 aliphatic rings. The first kappa shape index (κ1) is 14.0. The first-order valence-corrected chi connectivity index (χ1v) is 8.29. The zero-order valence-electron chi connectivity index (χ0n) is 12.6. The van der Waals surface area contributed by atoms with Gasteiger partial charge < -0.3 is 10.2 Å². The number of nitrogens with zero attached hydrogens (tertiary/aromatic N) is 3. The molecule has 0 aliphatic heterocycles. The van der Waals surface area contributed by atoms with Gasteiger partial charge in [-0.2, -0.15) is 0 Å². The molecule has 1 fully saturated rings. The van der Waals surface area contributed by atoms with Gasteiger partial charge in [-0.05, 0) is 33.9 Å². The van der Waals surface area contributed by atoms with Crippen LogP contribution in [0.3, 0.4) is 0 Å². The molecule has 0 atom stereocenters. The minimum absolute atomic E-state index is 0.354. The third-order valence-electron chi connectivity index (χ3n) is 4.79. The molecule has 20 heavy (non-hydrogen) atoms. The molecular weight excluding hydrogens is 268 g/mol. The van der Waals surface area contributed by atoms with Crippen molar-refractivity contribution < 1.29 is 0 Å². The number of rotatable bonds is 5. The molecule has 2 aromatic heterocycles. The number of aryl methyl sites for hydroxylation is 1. The number of aromatic nitrogens is 2. The lowest BCUT2D eigenvalue weighted by Gasteiger charge is -2.36. The fraction of sp³-hybridized carbons (Fsp3) is 0.667. The third-order valence-corrected chi connectivity index (χ3v) is 5.55. The standard InChI is InChI=1S/C15H24N4S/c1-12-13(19-8-9-20-14(19)17-12)10-16-11-15(18(2)3)6-4-5-7-15/h8-9,16H,4-7,10-11H2,1-3H3. The molecule has 2 heterocycles.